The van der Waals surface area contributed by atoms with Crippen LogP contribution in [0.4, 0.5) is 11.6 Å². The van der Waals surface area contributed by atoms with E-state index < -0.39 is 0 Å². The first kappa shape index (κ1) is 17.5. The van der Waals surface area contributed by atoms with Crippen LogP contribution in [0.5, 0.6) is 5.75 Å². The molecule has 2 heterocycles. The largest absolute Gasteiger partial charge is 0.496 e. The predicted octanol–water partition coefficient (Wildman–Crippen LogP) is 4.66. The van der Waals surface area contributed by atoms with Crippen molar-refractivity contribution in [2.45, 2.75) is 39.0 Å². The molecule has 4 rings (SSSR count). The third-order valence-electron chi connectivity index (χ3n) is 5.10. The lowest BCUT2D eigenvalue weighted by Gasteiger charge is -2.12. The molecule has 1 aromatic carbocycles. The average molecular weight is 363 g/mol. The Morgan fingerprint density at radius 1 is 1.19 bits per heavy atom. The van der Waals surface area contributed by atoms with E-state index in [1.807, 2.05) is 43.6 Å². The van der Waals surface area contributed by atoms with Gasteiger partial charge in [-0.2, -0.15) is 0 Å². The van der Waals surface area contributed by atoms with Crippen molar-refractivity contribution >= 4 is 11.6 Å². The summed E-state index contributed by atoms with van der Waals surface area (Å²) in [5, 5.41) is 3.29. The topological polar surface area (TPSA) is 75.7 Å². The van der Waals surface area contributed by atoms with Crippen molar-refractivity contribution in [3.8, 4) is 17.1 Å². The van der Waals surface area contributed by atoms with Crippen LogP contribution in [0.1, 0.15) is 37.1 Å². The van der Waals surface area contributed by atoms with Crippen molar-refractivity contribution in [2.75, 3.05) is 12.4 Å². The fourth-order valence-corrected chi connectivity index (χ4v) is 3.72. The minimum atomic E-state index is 0.620. The molecular formula is C21H25N5O. The van der Waals surface area contributed by atoms with Crippen LogP contribution >= 0.6 is 0 Å². The molecule has 1 aliphatic rings. The van der Waals surface area contributed by atoms with Crippen LogP contribution < -0.4 is 10.1 Å². The summed E-state index contributed by atoms with van der Waals surface area (Å²) in [4.78, 5) is 16.7. The van der Waals surface area contributed by atoms with E-state index >= 15 is 0 Å². The molecule has 0 saturated heterocycles. The summed E-state index contributed by atoms with van der Waals surface area (Å²) in [6, 6.07) is 7.94. The Hall–Kier alpha value is -2.89. The number of aryl methyl sites for hydroxylation is 1. The minimum absolute atomic E-state index is 0.620. The summed E-state index contributed by atoms with van der Waals surface area (Å²) in [6.07, 6.45) is 10.0. The molecule has 0 spiro atoms. The van der Waals surface area contributed by atoms with Gasteiger partial charge in [-0.3, -0.25) is 0 Å². The van der Waals surface area contributed by atoms with Crippen molar-refractivity contribution in [1.29, 1.82) is 0 Å². The lowest BCUT2D eigenvalue weighted by molar-refractivity contribution is 0.416. The van der Waals surface area contributed by atoms with Gasteiger partial charge < -0.3 is 15.0 Å². The molecule has 3 aromatic rings. The summed E-state index contributed by atoms with van der Waals surface area (Å²) in [6.45, 7) is 1.98. The van der Waals surface area contributed by atoms with Crippen LogP contribution in [0, 0.1) is 12.8 Å². The second-order valence-corrected chi connectivity index (χ2v) is 7.18. The number of nitrogens with zero attached hydrogens (tertiary/aromatic N) is 3. The van der Waals surface area contributed by atoms with Crippen molar-refractivity contribution < 1.29 is 4.74 Å². The monoisotopic (exact) mass is 363 g/mol. The number of rotatable bonds is 6. The Bertz CT molecular complexity index is 914. The Labute approximate surface area is 159 Å². The van der Waals surface area contributed by atoms with Gasteiger partial charge in [0.05, 0.1) is 12.7 Å². The van der Waals surface area contributed by atoms with E-state index in [0.29, 0.717) is 5.95 Å². The van der Waals surface area contributed by atoms with E-state index in [4.69, 9.17) is 4.74 Å². The molecule has 1 aliphatic carbocycles. The Morgan fingerprint density at radius 2 is 2.04 bits per heavy atom. The van der Waals surface area contributed by atoms with E-state index in [9.17, 15) is 0 Å². The standard InChI is InChI=1S/C21H25N5O/c1-14-13-23-20(24-14)18-8-7-16(12-19(18)27-2)25-21-22-10-9-17(26-21)11-15-5-3-4-6-15/h7-10,12-13,15H,3-6,11H2,1-2H3,(H,23,24)(H,22,25,26). The second kappa shape index (κ2) is 7.78. The minimum Gasteiger partial charge on any atom is -0.496 e. The maximum atomic E-state index is 5.56. The Morgan fingerprint density at radius 3 is 2.78 bits per heavy atom. The van der Waals surface area contributed by atoms with Gasteiger partial charge in [0.2, 0.25) is 5.95 Å². The lowest BCUT2D eigenvalue weighted by atomic mass is 10.0. The van der Waals surface area contributed by atoms with Gasteiger partial charge in [-0.15, -0.1) is 0 Å². The van der Waals surface area contributed by atoms with Gasteiger partial charge in [-0.25, -0.2) is 15.0 Å². The molecular weight excluding hydrogens is 338 g/mol. The van der Waals surface area contributed by atoms with Gasteiger partial charge in [0.1, 0.15) is 11.6 Å². The molecule has 1 saturated carbocycles. The van der Waals surface area contributed by atoms with Crippen molar-refractivity contribution in [3.05, 3.63) is 48.0 Å². The summed E-state index contributed by atoms with van der Waals surface area (Å²) >= 11 is 0. The first-order valence-electron chi connectivity index (χ1n) is 9.50. The smallest absolute Gasteiger partial charge is 0.227 e. The lowest BCUT2D eigenvalue weighted by Crippen LogP contribution is -2.04. The molecule has 0 bridgehead atoms. The van der Waals surface area contributed by atoms with Crippen LogP contribution in [-0.4, -0.2) is 27.0 Å². The van der Waals surface area contributed by atoms with Gasteiger partial charge in [-0.1, -0.05) is 25.7 Å². The SMILES string of the molecule is COc1cc(Nc2nccc(CC3CCCC3)n2)ccc1-c1ncc(C)[nH]1. The second-order valence-electron chi connectivity index (χ2n) is 7.18. The maximum absolute atomic E-state index is 5.56. The highest BCUT2D eigenvalue weighted by Gasteiger charge is 2.16. The molecule has 6 heteroatoms. The van der Waals surface area contributed by atoms with E-state index in [-0.39, 0.29) is 0 Å². The fourth-order valence-electron chi connectivity index (χ4n) is 3.72. The third-order valence-corrected chi connectivity index (χ3v) is 5.10. The Kier molecular flexibility index (Phi) is 5.05. The normalized spacial score (nSPS) is 14.4. The molecule has 0 unspecified atom stereocenters. The zero-order valence-corrected chi connectivity index (χ0v) is 15.8. The molecule has 2 aromatic heterocycles. The van der Waals surface area contributed by atoms with Gasteiger partial charge in [0.15, 0.2) is 0 Å². The number of anilines is 2. The molecule has 1 fully saturated rings. The number of aromatic nitrogens is 4. The van der Waals surface area contributed by atoms with Crippen LogP contribution in [0.25, 0.3) is 11.4 Å². The van der Waals surface area contributed by atoms with Crippen molar-refractivity contribution in [1.82, 2.24) is 19.9 Å². The molecule has 0 aliphatic heterocycles. The van der Waals surface area contributed by atoms with E-state index in [0.717, 1.165) is 46.6 Å². The number of H-pyrrole nitrogens is 1. The first-order chi connectivity index (χ1) is 13.2. The number of nitrogens with one attached hydrogen (secondary N) is 2. The van der Waals surface area contributed by atoms with Crippen LogP contribution in [0.2, 0.25) is 0 Å². The van der Waals surface area contributed by atoms with Gasteiger partial charge in [0, 0.05) is 35.5 Å². The van der Waals surface area contributed by atoms with E-state index in [1.54, 1.807) is 7.11 Å². The van der Waals surface area contributed by atoms with Crippen molar-refractivity contribution in [3.63, 3.8) is 0 Å². The molecule has 6 nitrogen and oxygen atoms in total. The highest BCUT2D eigenvalue weighted by molar-refractivity contribution is 5.70. The van der Waals surface area contributed by atoms with Gasteiger partial charge >= 0.3 is 0 Å². The van der Waals surface area contributed by atoms with Crippen LogP contribution in [-0.2, 0) is 6.42 Å². The third kappa shape index (κ3) is 4.10. The van der Waals surface area contributed by atoms with Crippen LogP contribution in [0.3, 0.4) is 0 Å². The van der Waals surface area contributed by atoms with Gasteiger partial charge in [-0.05, 0) is 37.5 Å². The maximum Gasteiger partial charge on any atom is 0.227 e. The van der Waals surface area contributed by atoms with Crippen LogP contribution in [0.15, 0.2) is 36.7 Å². The summed E-state index contributed by atoms with van der Waals surface area (Å²) in [7, 11) is 1.66. The number of benzene rings is 1. The summed E-state index contributed by atoms with van der Waals surface area (Å²) in [5.74, 6) is 2.93. The number of hydrogen-bond acceptors (Lipinski definition) is 5. The number of methoxy groups -OCH3 is 1. The number of imidazole rings is 1. The zero-order chi connectivity index (χ0) is 18.6. The molecule has 27 heavy (non-hydrogen) atoms. The van der Waals surface area contributed by atoms with Crippen molar-refractivity contribution in [2.24, 2.45) is 5.92 Å². The molecule has 0 atom stereocenters. The predicted molar refractivity (Wildman–Crippen MR) is 106 cm³/mol. The van der Waals surface area contributed by atoms with Gasteiger partial charge in [0.25, 0.3) is 0 Å². The number of aromatic amines is 1. The summed E-state index contributed by atoms with van der Waals surface area (Å²) in [5.41, 5.74) is 3.93. The Balaban J connectivity index is 1.52. The average Bonchev–Trinajstić information content (AvgIpc) is 3.34. The molecule has 2 N–H and O–H groups in total. The fraction of sp³-hybridized carbons (Fsp3) is 0.381. The number of ether oxygens (including phenoxy) is 1. The number of hydrogen-bond donors (Lipinski definition) is 2. The highest BCUT2D eigenvalue weighted by Crippen LogP contribution is 2.32. The zero-order valence-electron chi connectivity index (χ0n) is 15.8. The van der Waals surface area contributed by atoms with E-state index in [2.05, 4.69) is 25.3 Å². The highest BCUT2D eigenvalue weighted by atomic mass is 16.5. The summed E-state index contributed by atoms with van der Waals surface area (Å²) < 4.78 is 5.56. The quantitative estimate of drug-likeness (QED) is 0.666. The molecule has 0 amide bonds. The van der Waals surface area contributed by atoms with E-state index in [1.165, 1.54) is 25.7 Å². The molecule has 0 radical (unpaired) electrons. The molecule has 140 valence electrons. The first-order valence-corrected chi connectivity index (χ1v) is 9.50.